The van der Waals surface area contributed by atoms with Crippen LogP contribution >= 0.6 is 11.6 Å². The summed E-state index contributed by atoms with van der Waals surface area (Å²) < 4.78 is 0. The number of hydrogen-bond donors (Lipinski definition) is 1. The molecule has 1 N–H and O–H groups in total. The van der Waals surface area contributed by atoms with Crippen molar-refractivity contribution in [1.82, 2.24) is 4.90 Å². The number of halogens is 1. The Kier molecular flexibility index (Phi) is 3.96. The quantitative estimate of drug-likeness (QED) is 0.682. The number of hydrogen-bond acceptors (Lipinski definition) is 4. The maximum absolute atomic E-state index is 11.2. The standard InChI is InChI=1S/C13H15ClN2O4/c1-13(12(17)18)5-6-15(8-13)7-9-10(14)3-2-4-11(9)16(19)20/h2-4H,5-8H2,1H3,(H,17,18). The van der Waals surface area contributed by atoms with Crippen molar-refractivity contribution in [2.24, 2.45) is 5.41 Å². The van der Waals surface area contributed by atoms with E-state index >= 15 is 0 Å². The lowest BCUT2D eigenvalue weighted by atomic mass is 9.90. The lowest BCUT2D eigenvalue weighted by molar-refractivity contribution is -0.385. The Bertz CT molecular complexity index is 563. The third kappa shape index (κ3) is 2.76. The number of benzene rings is 1. The maximum Gasteiger partial charge on any atom is 0.310 e. The predicted octanol–water partition coefficient (Wildman–Crippen LogP) is 2.54. The minimum atomic E-state index is -0.839. The minimum Gasteiger partial charge on any atom is -0.481 e. The average Bonchev–Trinajstić information content (AvgIpc) is 2.75. The molecule has 1 aliphatic rings. The van der Waals surface area contributed by atoms with Gasteiger partial charge in [0, 0.05) is 19.2 Å². The Hall–Kier alpha value is -1.66. The van der Waals surface area contributed by atoms with Crippen molar-refractivity contribution in [3.63, 3.8) is 0 Å². The van der Waals surface area contributed by atoms with Gasteiger partial charge in [-0.3, -0.25) is 19.8 Å². The molecule has 1 atom stereocenters. The first kappa shape index (κ1) is 14.7. The summed E-state index contributed by atoms with van der Waals surface area (Å²) in [6.45, 7) is 2.94. The van der Waals surface area contributed by atoms with Gasteiger partial charge in [0.2, 0.25) is 0 Å². The number of nitro benzene ring substituents is 1. The third-order valence-electron chi connectivity index (χ3n) is 3.74. The van der Waals surface area contributed by atoms with Gasteiger partial charge in [-0.2, -0.15) is 0 Å². The van der Waals surface area contributed by atoms with Crippen molar-refractivity contribution in [1.29, 1.82) is 0 Å². The summed E-state index contributed by atoms with van der Waals surface area (Å²) in [5.41, 5.74) is -0.383. The molecule has 7 heteroatoms. The molecule has 0 aliphatic carbocycles. The summed E-state index contributed by atoms with van der Waals surface area (Å²) in [4.78, 5) is 23.6. The number of rotatable bonds is 4. The second-order valence-corrected chi connectivity index (χ2v) is 5.73. The molecule has 20 heavy (non-hydrogen) atoms. The highest BCUT2D eigenvalue weighted by molar-refractivity contribution is 6.31. The van der Waals surface area contributed by atoms with E-state index in [-0.39, 0.29) is 5.69 Å². The first-order valence-corrected chi connectivity index (χ1v) is 6.59. The van der Waals surface area contributed by atoms with Crippen LogP contribution in [0.2, 0.25) is 5.02 Å². The van der Waals surface area contributed by atoms with Crippen molar-refractivity contribution in [3.05, 3.63) is 38.9 Å². The molecule has 0 saturated carbocycles. The molecule has 1 fully saturated rings. The van der Waals surface area contributed by atoms with Crippen molar-refractivity contribution < 1.29 is 14.8 Å². The molecule has 0 radical (unpaired) electrons. The Morgan fingerprint density at radius 2 is 2.30 bits per heavy atom. The molecular weight excluding hydrogens is 284 g/mol. The van der Waals surface area contributed by atoms with Gasteiger partial charge >= 0.3 is 5.97 Å². The summed E-state index contributed by atoms with van der Waals surface area (Å²) in [5.74, 6) is -0.839. The number of carbonyl (C=O) groups is 1. The fraction of sp³-hybridized carbons (Fsp3) is 0.462. The molecule has 0 spiro atoms. The largest absolute Gasteiger partial charge is 0.481 e. The van der Waals surface area contributed by atoms with Crippen LogP contribution in [-0.2, 0) is 11.3 Å². The fourth-order valence-electron chi connectivity index (χ4n) is 2.46. The number of carboxylic acid groups (broad SMARTS) is 1. The van der Waals surface area contributed by atoms with Gasteiger partial charge in [0.25, 0.3) is 5.69 Å². The van der Waals surface area contributed by atoms with Crippen LogP contribution in [0.25, 0.3) is 0 Å². The molecule has 1 saturated heterocycles. The lowest BCUT2D eigenvalue weighted by Gasteiger charge is -2.20. The molecule has 0 bridgehead atoms. The van der Waals surface area contributed by atoms with E-state index in [0.29, 0.717) is 36.6 Å². The molecular formula is C13H15ClN2O4. The van der Waals surface area contributed by atoms with Gasteiger partial charge in [-0.15, -0.1) is 0 Å². The summed E-state index contributed by atoms with van der Waals surface area (Å²) in [5, 5.41) is 20.5. The molecule has 6 nitrogen and oxygen atoms in total. The van der Waals surface area contributed by atoms with Gasteiger partial charge in [-0.05, 0) is 26.0 Å². The van der Waals surface area contributed by atoms with E-state index in [9.17, 15) is 20.0 Å². The minimum absolute atomic E-state index is 0.0265. The van der Waals surface area contributed by atoms with Gasteiger partial charge in [0.1, 0.15) is 0 Å². The highest BCUT2D eigenvalue weighted by atomic mass is 35.5. The van der Waals surface area contributed by atoms with Crippen LogP contribution < -0.4 is 0 Å². The second kappa shape index (κ2) is 5.38. The Morgan fingerprint density at radius 1 is 1.60 bits per heavy atom. The van der Waals surface area contributed by atoms with E-state index in [0.717, 1.165) is 0 Å². The monoisotopic (exact) mass is 298 g/mol. The van der Waals surface area contributed by atoms with E-state index in [1.165, 1.54) is 12.1 Å². The van der Waals surface area contributed by atoms with E-state index in [4.69, 9.17) is 11.6 Å². The SMILES string of the molecule is CC1(C(=O)O)CCN(Cc2c(Cl)cccc2[N+](=O)[O-])C1. The van der Waals surface area contributed by atoms with Crippen LogP contribution in [-0.4, -0.2) is 34.0 Å². The van der Waals surface area contributed by atoms with Crippen LogP contribution in [0.1, 0.15) is 18.9 Å². The fourth-order valence-corrected chi connectivity index (χ4v) is 2.69. The Labute approximate surface area is 121 Å². The average molecular weight is 299 g/mol. The molecule has 0 amide bonds. The normalized spacial score (nSPS) is 22.9. The maximum atomic E-state index is 11.2. The Morgan fingerprint density at radius 3 is 2.85 bits per heavy atom. The van der Waals surface area contributed by atoms with Crippen LogP contribution in [0, 0.1) is 15.5 Å². The van der Waals surface area contributed by atoms with Gasteiger partial charge in [-0.25, -0.2) is 0 Å². The second-order valence-electron chi connectivity index (χ2n) is 5.32. The van der Waals surface area contributed by atoms with Crippen molar-refractivity contribution in [3.8, 4) is 0 Å². The first-order chi connectivity index (χ1) is 9.33. The highest BCUT2D eigenvalue weighted by Crippen LogP contribution is 2.34. The number of nitro groups is 1. The van der Waals surface area contributed by atoms with E-state index in [1.807, 2.05) is 4.90 Å². The predicted molar refractivity (Wildman–Crippen MR) is 73.7 cm³/mol. The third-order valence-corrected chi connectivity index (χ3v) is 4.10. The zero-order valence-corrected chi connectivity index (χ0v) is 11.8. The van der Waals surface area contributed by atoms with E-state index < -0.39 is 16.3 Å². The smallest absolute Gasteiger partial charge is 0.310 e. The summed E-state index contributed by atoms with van der Waals surface area (Å²) in [6.07, 6.45) is 0.528. The molecule has 1 unspecified atom stereocenters. The summed E-state index contributed by atoms with van der Waals surface area (Å²) in [7, 11) is 0. The van der Waals surface area contributed by atoms with E-state index in [1.54, 1.807) is 13.0 Å². The number of aliphatic carboxylic acids is 1. The van der Waals surface area contributed by atoms with Crippen molar-refractivity contribution in [2.75, 3.05) is 13.1 Å². The van der Waals surface area contributed by atoms with Gasteiger partial charge in [0.15, 0.2) is 0 Å². The molecule has 1 aliphatic heterocycles. The number of likely N-dealkylation sites (tertiary alicyclic amines) is 1. The summed E-state index contributed by atoms with van der Waals surface area (Å²) >= 11 is 6.04. The van der Waals surface area contributed by atoms with Crippen LogP contribution in [0.5, 0.6) is 0 Å². The number of carboxylic acids is 1. The van der Waals surface area contributed by atoms with Gasteiger partial charge in [0.05, 0.1) is 20.9 Å². The van der Waals surface area contributed by atoms with Crippen molar-refractivity contribution >= 4 is 23.3 Å². The van der Waals surface area contributed by atoms with Crippen LogP contribution in [0.3, 0.4) is 0 Å². The highest BCUT2D eigenvalue weighted by Gasteiger charge is 2.40. The van der Waals surface area contributed by atoms with Crippen LogP contribution in [0.4, 0.5) is 5.69 Å². The molecule has 108 valence electrons. The zero-order valence-electron chi connectivity index (χ0n) is 11.0. The molecule has 1 heterocycles. The zero-order chi connectivity index (χ0) is 14.9. The topological polar surface area (TPSA) is 83.7 Å². The number of nitrogens with zero attached hydrogens (tertiary/aromatic N) is 2. The molecule has 1 aromatic carbocycles. The van der Waals surface area contributed by atoms with Crippen LogP contribution in [0.15, 0.2) is 18.2 Å². The molecule has 1 aromatic rings. The lowest BCUT2D eigenvalue weighted by Crippen LogP contribution is -2.31. The van der Waals surface area contributed by atoms with Crippen molar-refractivity contribution in [2.45, 2.75) is 19.9 Å². The molecule has 0 aromatic heterocycles. The summed E-state index contributed by atoms with van der Waals surface area (Å²) in [6, 6.07) is 4.55. The van der Waals surface area contributed by atoms with E-state index in [2.05, 4.69) is 0 Å². The van der Waals surface area contributed by atoms with Gasteiger partial charge in [-0.1, -0.05) is 17.7 Å². The Balaban J connectivity index is 2.20. The van der Waals surface area contributed by atoms with Gasteiger partial charge < -0.3 is 5.11 Å². The molecule has 2 rings (SSSR count). The first-order valence-electron chi connectivity index (χ1n) is 6.21.